The quantitative estimate of drug-likeness (QED) is 0.683. The molecule has 1 saturated heterocycles. The Morgan fingerprint density at radius 3 is 2.94 bits per heavy atom. The van der Waals surface area contributed by atoms with Crippen LogP contribution < -0.4 is 10.6 Å². The van der Waals surface area contributed by atoms with Crippen molar-refractivity contribution in [2.24, 2.45) is 0 Å². The van der Waals surface area contributed by atoms with E-state index in [0.717, 1.165) is 32.7 Å². The molecule has 2 rings (SSSR count). The first kappa shape index (κ1) is 12.1. The molecule has 0 bridgehead atoms. The van der Waals surface area contributed by atoms with Crippen LogP contribution in [0.2, 0.25) is 0 Å². The minimum absolute atomic E-state index is 0.0174. The van der Waals surface area contributed by atoms with Crippen molar-refractivity contribution in [2.45, 2.75) is 6.54 Å². The lowest BCUT2D eigenvalue weighted by Gasteiger charge is -2.27. The van der Waals surface area contributed by atoms with Crippen LogP contribution in [0.3, 0.4) is 0 Å². The average molecular weight is 237 g/mol. The van der Waals surface area contributed by atoms with Gasteiger partial charge in [-0.15, -0.1) is 0 Å². The Labute approximate surface area is 101 Å². The summed E-state index contributed by atoms with van der Waals surface area (Å²) in [6.07, 6.45) is 3.46. The van der Waals surface area contributed by atoms with Gasteiger partial charge in [0.25, 0.3) is 0 Å². The summed E-state index contributed by atoms with van der Waals surface area (Å²) >= 11 is 0. The molecule has 6 heteroatoms. The third-order valence-corrected chi connectivity index (χ3v) is 2.82. The van der Waals surface area contributed by atoms with Gasteiger partial charge in [0.2, 0.25) is 5.91 Å². The first-order valence-electron chi connectivity index (χ1n) is 6.02. The number of carbonyl (C=O) groups is 1. The molecular weight excluding hydrogens is 218 g/mol. The van der Waals surface area contributed by atoms with Gasteiger partial charge in [-0.05, 0) is 6.07 Å². The highest BCUT2D eigenvalue weighted by Gasteiger charge is 2.09. The lowest BCUT2D eigenvalue weighted by molar-refractivity contribution is -0.121. The molecule has 0 aromatic carbocycles. The first-order valence-corrected chi connectivity index (χ1v) is 6.02. The number of nitrogens with zero attached hydrogens (tertiary/aromatic N) is 3. The predicted octanol–water partition coefficient (Wildman–Crippen LogP) is -1.10. The van der Waals surface area contributed by atoms with E-state index < -0.39 is 0 Å². The molecule has 0 radical (unpaired) electrons. The van der Waals surface area contributed by atoms with Crippen molar-refractivity contribution >= 4 is 5.91 Å². The molecule has 6 nitrogen and oxygen atoms in total. The van der Waals surface area contributed by atoms with Crippen LogP contribution in [0.1, 0.15) is 0 Å². The Morgan fingerprint density at radius 2 is 2.24 bits per heavy atom. The predicted molar refractivity (Wildman–Crippen MR) is 64.5 cm³/mol. The van der Waals surface area contributed by atoms with Crippen LogP contribution in [0.4, 0.5) is 0 Å². The molecule has 2 N–H and O–H groups in total. The highest BCUT2D eigenvalue weighted by atomic mass is 16.2. The van der Waals surface area contributed by atoms with Crippen LogP contribution >= 0.6 is 0 Å². The summed E-state index contributed by atoms with van der Waals surface area (Å²) in [5.41, 5.74) is 0. The van der Waals surface area contributed by atoms with Crippen LogP contribution in [-0.2, 0) is 11.3 Å². The Kier molecular flexibility index (Phi) is 4.52. The van der Waals surface area contributed by atoms with E-state index >= 15 is 0 Å². The van der Waals surface area contributed by atoms with E-state index in [1.807, 2.05) is 6.07 Å². The van der Waals surface area contributed by atoms with Crippen LogP contribution in [0.15, 0.2) is 18.5 Å². The molecule has 94 valence electrons. The lowest BCUT2D eigenvalue weighted by Crippen LogP contribution is -2.46. The van der Waals surface area contributed by atoms with Gasteiger partial charge in [0.1, 0.15) is 6.54 Å². The Hall–Kier alpha value is -1.40. The molecule has 0 spiro atoms. The van der Waals surface area contributed by atoms with E-state index in [1.165, 1.54) is 0 Å². The van der Waals surface area contributed by atoms with Gasteiger partial charge in [-0.25, -0.2) is 0 Å². The van der Waals surface area contributed by atoms with Gasteiger partial charge in [-0.2, -0.15) is 5.10 Å². The van der Waals surface area contributed by atoms with Crippen LogP contribution in [0.5, 0.6) is 0 Å². The number of piperazine rings is 1. The van der Waals surface area contributed by atoms with Crippen molar-refractivity contribution in [3.8, 4) is 0 Å². The minimum atomic E-state index is 0.0174. The fourth-order valence-corrected chi connectivity index (χ4v) is 1.89. The molecule has 0 aliphatic carbocycles. The minimum Gasteiger partial charge on any atom is -0.353 e. The number of hydrogen-bond acceptors (Lipinski definition) is 4. The lowest BCUT2D eigenvalue weighted by atomic mass is 10.3. The monoisotopic (exact) mass is 237 g/mol. The zero-order valence-corrected chi connectivity index (χ0v) is 9.93. The smallest absolute Gasteiger partial charge is 0.241 e. The van der Waals surface area contributed by atoms with E-state index in [2.05, 4.69) is 20.6 Å². The van der Waals surface area contributed by atoms with Crippen molar-refractivity contribution in [2.75, 3.05) is 39.3 Å². The van der Waals surface area contributed by atoms with Crippen molar-refractivity contribution in [1.29, 1.82) is 0 Å². The number of amides is 1. The van der Waals surface area contributed by atoms with Crippen LogP contribution in [-0.4, -0.2) is 59.9 Å². The fraction of sp³-hybridized carbons (Fsp3) is 0.636. The molecule has 1 aromatic heterocycles. The standard InChI is InChI=1S/C11H19N5O/c17-11(10-16-6-1-2-14-16)13-5-9-15-7-3-12-4-8-15/h1-2,6,12H,3-5,7-10H2,(H,13,17). The number of carbonyl (C=O) groups excluding carboxylic acids is 1. The van der Waals surface area contributed by atoms with Gasteiger partial charge < -0.3 is 10.6 Å². The topological polar surface area (TPSA) is 62.2 Å². The summed E-state index contributed by atoms with van der Waals surface area (Å²) in [5.74, 6) is 0.0174. The van der Waals surface area contributed by atoms with Crippen LogP contribution in [0.25, 0.3) is 0 Å². The van der Waals surface area contributed by atoms with Gasteiger partial charge in [0.15, 0.2) is 0 Å². The van der Waals surface area contributed by atoms with Crippen molar-refractivity contribution in [1.82, 2.24) is 25.3 Å². The van der Waals surface area contributed by atoms with Gasteiger partial charge in [-0.1, -0.05) is 0 Å². The fourth-order valence-electron chi connectivity index (χ4n) is 1.89. The average Bonchev–Trinajstić information content (AvgIpc) is 2.83. The number of hydrogen-bond donors (Lipinski definition) is 2. The largest absolute Gasteiger partial charge is 0.353 e. The summed E-state index contributed by atoms with van der Waals surface area (Å²) in [7, 11) is 0. The zero-order valence-electron chi connectivity index (χ0n) is 9.93. The molecular formula is C11H19N5O. The maximum Gasteiger partial charge on any atom is 0.241 e. The summed E-state index contributed by atoms with van der Waals surface area (Å²) in [6, 6.07) is 1.81. The summed E-state index contributed by atoms with van der Waals surface area (Å²) < 4.78 is 1.63. The first-order chi connectivity index (χ1) is 8.34. The maximum atomic E-state index is 11.5. The second-order valence-electron chi connectivity index (χ2n) is 4.15. The molecule has 2 heterocycles. The molecule has 1 fully saturated rings. The SMILES string of the molecule is O=C(Cn1cccn1)NCCN1CCNCC1. The molecule has 0 saturated carbocycles. The molecule has 0 atom stereocenters. The van der Waals surface area contributed by atoms with E-state index in [-0.39, 0.29) is 5.91 Å². The molecule has 1 aliphatic rings. The highest BCUT2D eigenvalue weighted by molar-refractivity contribution is 5.75. The van der Waals surface area contributed by atoms with E-state index in [1.54, 1.807) is 17.1 Å². The van der Waals surface area contributed by atoms with Crippen molar-refractivity contribution in [3.05, 3.63) is 18.5 Å². The molecule has 17 heavy (non-hydrogen) atoms. The number of nitrogens with one attached hydrogen (secondary N) is 2. The van der Waals surface area contributed by atoms with E-state index in [4.69, 9.17) is 0 Å². The number of rotatable bonds is 5. The summed E-state index contributed by atoms with van der Waals surface area (Å²) in [5, 5.41) is 10.2. The number of aromatic nitrogens is 2. The normalized spacial score (nSPS) is 16.9. The molecule has 0 unspecified atom stereocenters. The van der Waals surface area contributed by atoms with E-state index in [9.17, 15) is 4.79 Å². The molecule has 1 aromatic rings. The second kappa shape index (κ2) is 6.36. The Bertz CT molecular complexity index is 332. The van der Waals surface area contributed by atoms with Crippen molar-refractivity contribution in [3.63, 3.8) is 0 Å². The Balaban J connectivity index is 1.59. The Morgan fingerprint density at radius 1 is 1.41 bits per heavy atom. The third-order valence-electron chi connectivity index (χ3n) is 2.82. The van der Waals surface area contributed by atoms with Gasteiger partial charge in [-0.3, -0.25) is 14.4 Å². The zero-order chi connectivity index (χ0) is 11.9. The maximum absolute atomic E-state index is 11.5. The third kappa shape index (κ3) is 4.16. The summed E-state index contributed by atoms with van der Waals surface area (Å²) in [6.45, 7) is 6.15. The van der Waals surface area contributed by atoms with Crippen LogP contribution in [0, 0.1) is 0 Å². The van der Waals surface area contributed by atoms with Gasteiger partial charge >= 0.3 is 0 Å². The highest BCUT2D eigenvalue weighted by Crippen LogP contribution is 1.90. The van der Waals surface area contributed by atoms with Gasteiger partial charge in [0.05, 0.1) is 0 Å². The molecule has 1 aliphatic heterocycles. The van der Waals surface area contributed by atoms with Crippen molar-refractivity contribution < 1.29 is 4.79 Å². The molecule has 1 amide bonds. The van der Waals surface area contributed by atoms with Gasteiger partial charge in [0, 0.05) is 51.7 Å². The second-order valence-corrected chi connectivity index (χ2v) is 4.15. The summed E-state index contributed by atoms with van der Waals surface area (Å²) in [4.78, 5) is 13.9. The van der Waals surface area contributed by atoms with E-state index in [0.29, 0.717) is 13.1 Å².